The van der Waals surface area contributed by atoms with Gasteiger partial charge in [-0.1, -0.05) is 11.6 Å². The predicted molar refractivity (Wildman–Crippen MR) is 109 cm³/mol. The number of halogens is 4. The summed E-state index contributed by atoms with van der Waals surface area (Å²) in [5.41, 5.74) is 5.31. The summed E-state index contributed by atoms with van der Waals surface area (Å²) in [6.45, 7) is -0.482. The van der Waals surface area contributed by atoms with Crippen molar-refractivity contribution < 1.29 is 18.0 Å². The second kappa shape index (κ2) is 10.4. The van der Waals surface area contributed by atoms with Crippen LogP contribution in [0.1, 0.15) is 5.56 Å². The van der Waals surface area contributed by atoms with Crippen LogP contribution in [0, 0.1) is 17.5 Å². The second-order valence-corrected chi connectivity index (χ2v) is 6.48. The highest BCUT2D eigenvalue weighted by molar-refractivity contribution is 6.32. The van der Waals surface area contributed by atoms with E-state index >= 15 is 0 Å². The van der Waals surface area contributed by atoms with E-state index in [1.165, 1.54) is 23.5 Å². The number of likely N-dealkylation sites (N-methyl/N-ethyl adjacent to an activating group) is 1. The van der Waals surface area contributed by atoms with Crippen LogP contribution in [-0.4, -0.2) is 47.6 Å². The quantitative estimate of drug-likeness (QED) is 0.429. The van der Waals surface area contributed by atoms with Crippen molar-refractivity contribution in [1.82, 2.24) is 14.9 Å². The highest BCUT2D eigenvalue weighted by Gasteiger charge is 2.15. The Labute approximate surface area is 175 Å². The number of aromatic nitrogens is 2. The molecule has 0 bridgehead atoms. The molecule has 0 aliphatic carbocycles. The van der Waals surface area contributed by atoms with E-state index in [2.05, 4.69) is 25.6 Å². The van der Waals surface area contributed by atoms with E-state index in [1.54, 1.807) is 14.1 Å². The summed E-state index contributed by atoms with van der Waals surface area (Å²) < 4.78 is 40.9. The number of benzene rings is 1. The molecule has 2 rings (SSSR count). The van der Waals surface area contributed by atoms with Gasteiger partial charge >= 0.3 is 0 Å². The monoisotopic (exact) mass is 441 g/mol. The predicted octanol–water partition coefficient (Wildman–Crippen LogP) is 2.53. The lowest BCUT2D eigenvalue weighted by Crippen LogP contribution is -2.24. The average Bonchev–Trinajstić information content (AvgIpc) is 2.71. The number of nitrogens with one attached hydrogen (secondary N) is 2. The molecule has 1 aromatic heterocycles. The fraction of sp³-hybridized carbons (Fsp3) is 0.222. The van der Waals surface area contributed by atoms with E-state index in [0.29, 0.717) is 6.07 Å². The Bertz CT molecular complexity index is 982. The highest BCUT2D eigenvalue weighted by atomic mass is 35.5. The molecule has 2 aromatic rings. The van der Waals surface area contributed by atoms with E-state index in [9.17, 15) is 18.0 Å². The van der Waals surface area contributed by atoms with E-state index in [4.69, 9.17) is 17.3 Å². The molecule has 0 fully saturated rings. The molecule has 1 amide bonds. The first-order chi connectivity index (χ1) is 14.2. The number of hydrogen-bond donors (Lipinski definition) is 3. The maximum Gasteiger partial charge on any atom is 0.243 e. The number of carbonyl (C=O) groups is 1. The SMILES string of the molecule is CN(C)C(=O)CN=CC(=CN)Nc1ncc(Cl)c(NCc2c(F)ccc(F)c2F)n1. The van der Waals surface area contributed by atoms with Crippen molar-refractivity contribution in [3.63, 3.8) is 0 Å². The van der Waals surface area contributed by atoms with Crippen LogP contribution in [0.3, 0.4) is 0 Å². The van der Waals surface area contributed by atoms with Crippen molar-refractivity contribution >= 4 is 35.5 Å². The van der Waals surface area contributed by atoms with Crippen LogP contribution >= 0.6 is 11.6 Å². The molecule has 0 spiro atoms. The Kier molecular flexibility index (Phi) is 7.98. The molecule has 1 heterocycles. The Hall–Kier alpha value is -3.34. The van der Waals surface area contributed by atoms with Crippen LogP contribution in [0.15, 0.2) is 35.2 Å². The molecule has 4 N–H and O–H groups in total. The zero-order valence-corrected chi connectivity index (χ0v) is 16.8. The van der Waals surface area contributed by atoms with Crippen LogP contribution in [-0.2, 0) is 11.3 Å². The normalized spacial score (nSPS) is 11.6. The van der Waals surface area contributed by atoms with E-state index < -0.39 is 29.6 Å². The number of aliphatic imine (C=N–C) groups is 1. The summed E-state index contributed by atoms with van der Waals surface area (Å²) in [5.74, 6) is -3.50. The van der Waals surface area contributed by atoms with Gasteiger partial charge in [-0.2, -0.15) is 4.98 Å². The van der Waals surface area contributed by atoms with Gasteiger partial charge in [-0.05, 0) is 12.1 Å². The fourth-order valence-corrected chi connectivity index (χ4v) is 2.22. The summed E-state index contributed by atoms with van der Waals surface area (Å²) in [7, 11) is 3.21. The lowest BCUT2D eigenvalue weighted by Gasteiger charge is -2.11. The van der Waals surface area contributed by atoms with E-state index in [1.807, 2.05) is 0 Å². The molecule has 0 atom stereocenters. The van der Waals surface area contributed by atoms with Gasteiger partial charge in [-0.25, -0.2) is 18.2 Å². The minimum absolute atomic E-state index is 0.0455. The van der Waals surface area contributed by atoms with Crippen LogP contribution in [0.4, 0.5) is 24.9 Å². The number of carbonyl (C=O) groups excluding carboxylic acids is 1. The van der Waals surface area contributed by atoms with E-state index in [-0.39, 0.29) is 34.9 Å². The van der Waals surface area contributed by atoms with Gasteiger partial charge < -0.3 is 21.3 Å². The molecule has 12 heteroatoms. The lowest BCUT2D eigenvalue weighted by molar-refractivity contribution is -0.127. The largest absolute Gasteiger partial charge is 0.403 e. The maximum atomic E-state index is 13.8. The van der Waals surface area contributed by atoms with Crippen molar-refractivity contribution in [2.75, 3.05) is 31.3 Å². The van der Waals surface area contributed by atoms with Crippen LogP contribution < -0.4 is 16.4 Å². The van der Waals surface area contributed by atoms with Crippen molar-refractivity contribution in [3.05, 3.63) is 58.3 Å². The minimum atomic E-state index is -1.30. The first-order valence-electron chi connectivity index (χ1n) is 8.50. The van der Waals surface area contributed by atoms with Crippen LogP contribution in [0.2, 0.25) is 5.02 Å². The molecule has 160 valence electrons. The molecule has 0 aliphatic heterocycles. The zero-order chi connectivity index (χ0) is 22.3. The van der Waals surface area contributed by atoms with E-state index in [0.717, 1.165) is 6.07 Å². The molecule has 1 aromatic carbocycles. The number of hydrogen-bond acceptors (Lipinski definition) is 7. The number of nitrogens with zero attached hydrogens (tertiary/aromatic N) is 4. The summed E-state index contributed by atoms with van der Waals surface area (Å²) in [6.07, 6.45) is 3.76. The molecule has 0 aliphatic rings. The first-order valence-corrected chi connectivity index (χ1v) is 8.88. The molecular weight excluding hydrogens is 423 g/mol. The summed E-state index contributed by atoms with van der Waals surface area (Å²) >= 11 is 6.01. The van der Waals surface area contributed by atoms with Gasteiger partial charge in [0.05, 0.1) is 11.9 Å². The van der Waals surface area contributed by atoms with Crippen molar-refractivity contribution in [2.45, 2.75) is 6.54 Å². The average molecular weight is 442 g/mol. The molecule has 8 nitrogen and oxygen atoms in total. The van der Waals surface area contributed by atoms with Crippen LogP contribution in [0.5, 0.6) is 0 Å². The summed E-state index contributed by atoms with van der Waals surface area (Å²) in [4.78, 5) is 24.9. The van der Waals surface area contributed by atoms with Gasteiger partial charge in [0.15, 0.2) is 17.5 Å². The van der Waals surface area contributed by atoms with Crippen LogP contribution in [0.25, 0.3) is 0 Å². The lowest BCUT2D eigenvalue weighted by atomic mass is 10.2. The minimum Gasteiger partial charge on any atom is -0.403 e. The standard InChI is InChI=1S/C18H19ClF3N7O/c1-29(2)15(30)9-24-6-10(5-23)27-18-26-8-12(19)17(28-18)25-7-11-13(20)3-4-14(21)16(11)22/h3-6,8H,7,9,23H2,1-2H3,(H2,25,26,27,28). The molecule has 30 heavy (non-hydrogen) atoms. The smallest absolute Gasteiger partial charge is 0.243 e. The number of anilines is 2. The maximum absolute atomic E-state index is 13.8. The number of amides is 1. The summed E-state index contributed by atoms with van der Waals surface area (Å²) in [5, 5.41) is 5.47. The van der Waals surface area contributed by atoms with Gasteiger partial charge in [-0.3, -0.25) is 9.79 Å². The van der Waals surface area contributed by atoms with Gasteiger partial charge in [0.1, 0.15) is 17.4 Å². The third-order valence-electron chi connectivity index (χ3n) is 3.71. The summed E-state index contributed by atoms with van der Waals surface area (Å²) in [6, 6.07) is 1.52. The van der Waals surface area contributed by atoms with Crippen molar-refractivity contribution in [1.29, 1.82) is 0 Å². The van der Waals surface area contributed by atoms with Gasteiger partial charge in [0.2, 0.25) is 11.9 Å². The fourth-order valence-electron chi connectivity index (χ4n) is 2.06. The Morgan fingerprint density at radius 1 is 1.30 bits per heavy atom. The van der Waals surface area contributed by atoms with Crippen molar-refractivity contribution in [2.24, 2.45) is 10.7 Å². The Morgan fingerprint density at radius 2 is 2.00 bits per heavy atom. The first kappa shape index (κ1) is 22.9. The van der Waals surface area contributed by atoms with Gasteiger partial charge in [0.25, 0.3) is 0 Å². The Balaban J connectivity index is 2.10. The highest BCUT2D eigenvalue weighted by Crippen LogP contribution is 2.22. The third-order valence-corrected chi connectivity index (χ3v) is 3.98. The molecule has 0 radical (unpaired) electrons. The number of rotatable bonds is 8. The molecular formula is C18H19ClF3N7O. The second-order valence-electron chi connectivity index (χ2n) is 6.07. The number of allylic oxidation sites excluding steroid dienone is 1. The van der Waals surface area contributed by atoms with Crippen molar-refractivity contribution in [3.8, 4) is 0 Å². The van der Waals surface area contributed by atoms with Gasteiger partial charge in [-0.15, -0.1) is 0 Å². The Morgan fingerprint density at radius 3 is 2.67 bits per heavy atom. The molecule has 0 saturated heterocycles. The van der Waals surface area contributed by atoms with Gasteiger partial charge in [0, 0.05) is 38.6 Å². The topological polar surface area (TPSA) is 109 Å². The zero-order valence-electron chi connectivity index (χ0n) is 16.1. The molecule has 0 unspecified atom stereocenters. The third kappa shape index (κ3) is 6.08. The number of nitrogens with two attached hydrogens (primary N) is 1. The molecule has 0 saturated carbocycles.